The number of carbonyl (C=O) groups is 1. The normalized spacial score (nSPS) is 19.0. The van der Waals surface area contributed by atoms with E-state index in [9.17, 15) is 13.2 Å². The van der Waals surface area contributed by atoms with Crippen molar-refractivity contribution < 1.29 is 13.2 Å². The van der Waals surface area contributed by atoms with Gasteiger partial charge in [-0.3, -0.25) is 4.79 Å². The van der Waals surface area contributed by atoms with Crippen LogP contribution in [0.3, 0.4) is 0 Å². The molecule has 0 atom stereocenters. The van der Waals surface area contributed by atoms with Crippen molar-refractivity contribution in [2.24, 2.45) is 5.92 Å². The quantitative estimate of drug-likeness (QED) is 0.704. The highest BCUT2D eigenvalue weighted by Crippen LogP contribution is 2.31. The number of hydrogen-bond acceptors (Lipinski definition) is 4. The van der Waals surface area contributed by atoms with Gasteiger partial charge in [0.2, 0.25) is 10.0 Å². The van der Waals surface area contributed by atoms with E-state index < -0.39 is 10.0 Å². The van der Waals surface area contributed by atoms with Crippen LogP contribution in [0, 0.1) is 5.92 Å². The van der Waals surface area contributed by atoms with Crippen molar-refractivity contribution in [1.29, 1.82) is 0 Å². The third kappa shape index (κ3) is 4.77. The molecule has 0 unspecified atom stereocenters. The van der Waals surface area contributed by atoms with E-state index in [1.165, 1.54) is 4.31 Å². The summed E-state index contributed by atoms with van der Waals surface area (Å²) >= 11 is 0. The number of piperidine rings is 2. The van der Waals surface area contributed by atoms with Gasteiger partial charge in [0.1, 0.15) is 0 Å². The fourth-order valence-corrected chi connectivity index (χ4v) is 5.84. The molecule has 0 aliphatic carbocycles. The summed E-state index contributed by atoms with van der Waals surface area (Å²) in [7, 11) is -3.60. The van der Waals surface area contributed by atoms with Gasteiger partial charge in [-0.25, -0.2) is 8.42 Å². The molecule has 0 N–H and O–H groups in total. The van der Waals surface area contributed by atoms with Crippen LogP contribution >= 0.6 is 0 Å². The van der Waals surface area contributed by atoms with Gasteiger partial charge in [-0.1, -0.05) is 20.8 Å². The lowest BCUT2D eigenvalue weighted by Gasteiger charge is -2.35. The van der Waals surface area contributed by atoms with E-state index in [2.05, 4.69) is 11.8 Å². The smallest absolute Gasteiger partial charge is 0.256 e. The van der Waals surface area contributed by atoms with Gasteiger partial charge in [0.05, 0.1) is 10.5 Å². The van der Waals surface area contributed by atoms with Gasteiger partial charge in [-0.15, -0.1) is 0 Å². The maximum atomic E-state index is 13.4. The SMILES string of the molecule is CCN(CC)S(=O)(=O)c1ccc(N2CCC(C)CC2)c(C(=O)N2CCCCC2)c1. The highest BCUT2D eigenvalue weighted by Gasteiger charge is 2.29. The molecule has 1 amide bonds. The molecule has 2 saturated heterocycles. The van der Waals surface area contributed by atoms with Crippen LogP contribution in [0.5, 0.6) is 0 Å². The fourth-order valence-electron chi connectivity index (χ4n) is 4.35. The molecule has 2 aliphatic rings. The highest BCUT2D eigenvalue weighted by atomic mass is 32.2. The lowest BCUT2D eigenvalue weighted by atomic mass is 9.97. The summed E-state index contributed by atoms with van der Waals surface area (Å²) in [6.07, 6.45) is 5.37. The molecule has 162 valence electrons. The zero-order chi connectivity index (χ0) is 21.0. The molecule has 0 saturated carbocycles. The van der Waals surface area contributed by atoms with Crippen LogP contribution in [0.25, 0.3) is 0 Å². The number of amides is 1. The summed E-state index contributed by atoms with van der Waals surface area (Å²) in [5.41, 5.74) is 1.42. The number of benzene rings is 1. The molecule has 29 heavy (non-hydrogen) atoms. The van der Waals surface area contributed by atoms with Crippen molar-refractivity contribution in [3.05, 3.63) is 23.8 Å². The Morgan fingerprint density at radius 1 is 1.03 bits per heavy atom. The van der Waals surface area contributed by atoms with Gasteiger partial charge < -0.3 is 9.80 Å². The molecule has 2 aliphatic heterocycles. The van der Waals surface area contributed by atoms with Crippen LogP contribution in [-0.2, 0) is 10.0 Å². The van der Waals surface area contributed by atoms with Gasteiger partial charge >= 0.3 is 0 Å². The van der Waals surface area contributed by atoms with E-state index >= 15 is 0 Å². The molecule has 0 aromatic heterocycles. The first kappa shape index (κ1) is 22.1. The number of anilines is 1. The summed E-state index contributed by atoms with van der Waals surface area (Å²) in [6, 6.07) is 5.15. The van der Waals surface area contributed by atoms with E-state index in [0.29, 0.717) is 24.6 Å². The molecule has 6 nitrogen and oxygen atoms in total. The van der Waals surface area contributed by atoms with Crippen LogP contribution in [0.1, 0.15) is 63.2 Å². The molecule has 2 heterocycles. The third-order valence-electron chi connectivity index (χ3n) is 6.31. The minimum absolute atomic E-state index is 0.0325. The van der Waals surface area contributed by atoms with Crippen molar-refractivity contribution in [2.45, 2.75) is 57.8 Å². The number of likely N-dealkylation sites (tertiary alicyclic amines) is 1. The first-order chi connectivity index (χ1) is 13.9. The predicted molar refractivity (Wildman–Crippen MR) is 117 cm³/mol. The zero-order valence-corrected chi connectivity index (χ0v) is 18.9. The Balaban J connectivity index is 2.01. The molecule has 7 heteroatoms. The fraction of sp³-hybridized carbons (Fsp3) is 0.682. The van der Waals surface area contributed by atoms with Crippen molar-refractivity contribution in [2.75, 3.05) is 44.2 Å². The highest BCUT2D eigenvalue weighted by molar-refractivity contribution is 7.89. The average Bonchev–Trinajstić information content (AvgIpc) is 2.74. The van der Waals surface area contributed by atoms with E-state index in [0.717, 1.165) is 64.0 Å². The minimum atomic E-state index is -3.60. The number of nitrogens with zero attached hydrogens (tertiary/aromatic N) is 3. The van der Waals surface area contributed by atoms with Crippen molar-refractivity contribution in [3.8, 4) is 0 Å². The topological polar surface area (TPSA) is 60.9 Å². The number of hydrogen-bond donors (Lipinski definition) is 0. The molecule has 0 bridgehead atoms. The van der Waals surface area contributed by atoms with E-state index in [1.807, 2.05) is 24.8 Å². The van der Waals surface area contributed by atoms with Gasteiger partial charge in [0, 0.05) is 45.0 Å². The Kier molecular flexibility index (Phi) is 7.22. The molecule has 3 rings (SSSR count). The van der Waals surface area contributed by atoms with Gasteiger partial charge in [0.15, 0.2) is 0 Å². The summed E-state index contributed by atoms with van der Waals surface area (Å²) in [4.78, 5) is 17.8. The molecular formula is C22H35N3O3S. The van der Waals surface area contributed by atoms with Gasteiger partial charge in [-0.05, 0) is 56.2 Å². The molecule has 2 fully saturated rings. The van der Waals surface area contributed by atoms with Crippen molar-refractivity contribution >= 4 is 21.6 Å². The first-order valence-corrected chi connectivity index (χ1v) is 12.5. The second kappa shape index (κ2) is 9.47. The molecular weight excluding hydrogens is 386 g/mol. The zero-order valence-electron chi connectivity index (χ0n) is 18.1. The Labute approximate surface area is 175 Å². The van der Waals surface area contributed by atoms with E-state index in [1.54, 1.807) is 12.1 Å². The summed E-state index contributed by atoms with van der Waals surface area (Å²) in [5.74, 6) is 0.657. The van der Waals surface area contributed by atoms with Gasteiger partial charge in [-0.2, -0.15) is 4.31 Å². The number of carbonyl (C=O) groups excluding carboxylic acids is 1. The molecule has 0 radical (unpaired) electrons. The van der Waals surface area contributed by atoms with Crippen LogP contribution in [-0.4, -0.2) is 62.8 Å². The predicted octanol–water partition coefficient (Wildman–Crippen LogP) is 3.58. The van der Waals surface area contributed by atoms with Gasteiger partial charge in [0.25, 0.3) is 5.91 Å². The monoisotopic (exact) mass is 421 g/mol. The molecule has 1 aromatic rings. The lowest BCUT2D eigenvalue weighted by Crippen LogP contribution is -2.39. The summed E-state index contributed by atoms with van der Waals surface area (Å²) in [5, 5.41) is 0. The van der Waals surface area contributed by atoms with Crippen molar-refractivity contribution in [1.82, 2.24) is 9.21 Å². The van der Waals surface area contributed by atoms with E-state index in [-0.39, 0.29) is 10.8 Å². The maximum absolute atomic E-state index is 13.4. The number of sulfonamides is 1. The largest absolute Gasteiger partial charge is 0.371 e. The maximum Gasteiger partial charge on any atom is 0.256 e. The Morgan fingerprint density at radius 2 is 1.66 bits per heavy atom. The second-order valence-corrected chi connectivity index (χ2v) is 10.2. The third-order valence-corrected chi connectivity index (χ3v) is 8.36. The van der Waals surface area contributed by atoms with E-state index in [4.69, 9.17) is 0 Å². The second-order valence-electron chi connectivity index (χ2n) is 8.29. The van der Waals surface area contributed by atoms with Crippen LogP contribution in [0.2, 0.25) is 0 Å². The molecule has 0 spiro atoms. The lowest BCUT2D eigenvalue weighted by molar-refractivity contribution is 0.0724. The average molecular weight is 422 g/mol. The standard InChI is InChI=1S/C22H35N3O3S/c1-4-25(5-2)29(27,28)19-9-10-21(23-15-11-18(3)12-16-23)20(17-19)22(26)24-13-7-6-8-14-24/h9-10,17-18H,4-8,11-16H2,1-3H3. The Bertz CT molecular complexity index is 807. The summed E-state index contributed by atoms with van der Waals surface area (Å²) < 4.78 is 27.6. The Morgan fingerprint density at radius 3 is 2.24 bits per heavy atom. The van der Waals surface area contributed by atoms with Crippen LogP contribution in [0.4, 0.5) is 5.69 Å². The number of rotatable bonds is 6. The summed E-state index contributed by atoms with van der Waals surface area (Å²) in [6.45, 7) is 10.1. The van der Waals surface area contributed by atoms with Crippen molar-refractivity contribution in [3.63, 3.8) is 0 Å². The van der Waals surface area contributed by atoms with Crippen LogP contribution < -0.4 is 4.90 Å². The first-order valence-electron chi connectivity index (χ1n) is 11.1. The van der Waals surface area contributed by atoms with Crippen LogP contribution in [0.15, 0.2) is 23.1 Å². The Hall–Kier alpha value is -1.60. The minimum Gasteiger partial charge on any atom is -0.371 e. The molecule has 1 aromatic carbocycles.